The van der Waals surface area contributed by atoms with E-state index < -0.39 is 0 Å². The van der Waals surface area contributed by atoms with Gasteiger partial charge in [-0.25, -0.2) is 0 Å². The molecule has 2 nitrogen and oxygen atoms in total. The molecule has 4 heteroatoms. The van der Waals surface area contributed by atoms with E-state index in [2.05, 4.69) is 48.9 Å². The first-order chi connectivity index (χ1) is 8.80. The number of nitrogens with one attached hydrogen (secondary N) is 1. The molecular formula is C15H23BrClNO. The molecule has 1 N–H and O–H groups in total. The Labute approximate surface area is 130 Å². The number of hydrogen-bond donors (Lipinski definition) is 1. The molecule has 0 fully saturated rings. The molecule has 1 aromatic carbocycles. The lowest BCUT2D eigenvalue weighted by Gasteiger charge is -2.26. The third-order valence-electron chi connectivity index (χ3n) is 2.67. The lowest BCUT2D eigenvalue weighted by molar-refractivity contribution is 0.175. The van der Waals surface area contributed by atoms with Crippen LogP contribution in [0.25, 0.3) is 0 Å². The molecule has 0 aliphatic carbocycles. The van der Waals surface area contributed by atoms with Crippen molar-refractivity contribution in [2.75, 3.05) is 19.7 Å². The Morgan fingerprint density at radius 3 is 2.68 bits per heavy atom. The highest BCUT2D eigenvalue weighted by atomic mass is 79.9. The number of benzene rings is 1. The normalized spacial score (nSPS) is 11.9. The van der Waals surface area contributed by atoms with E-state index in [4.69, 9.17) is 16.3 Å². The maximum atomic E-state index is 6.11. The smallest absolute Gasteiger partial charge is 0.139 e. The number of halogens is 2. The third-order valence-corrected chi connectivity index (χ3v) is 3.47. The van der Waals surface area contributed by atoms with Gasteiger partial charge in [0.05, 0.1) is 11.6 Å². The summed E-state index contributed by atoms with van der Waals surface area (Å²) in [6.45, 7) is 11.4. The van der Waals surface area contributed by atoms with Gasteiger partial charge in [-0.05, 0) is 30.7 Å². The van der Waals surface area contributed by atoms with Crippen LogP contribution < -0.4 is 10.1 Å². The number of rotatable bonds is 7. The highest BCUT2D eigenvalue weighted by molar-refractivity contribution is 9.10. The first kappa shape index (κ1) is 16.8. The van der Waals surface area contributed by atoms with Crippen molar-refractivity contribution in [3.05, 3.63) is 27.7 Å². The quantitative estimate of drug-likeness (QED) is 0.767. The topological polar surface area (TPSA) is 21.3 Å². The number of ether oxygens (including phenoxy) is 1. The Morgan fingerprint density at radius 2 is 2.05 bits per heavy atom. The van der Waals surface area contributed by atoms with Crippen molar-refractivity contribution in [3.63, 3.8) is 0 Å². The second-order valence-electron chi connectivity index (χ2n) is 6.05. The van der Waals surface area contributed by atoms with Crippen molar-refractivity contribution in [3.8, 4) is 5.75 Å². The van der Waals surface area contributed by atoms with Crippen LogP contribution in [0.2, 0.25) is 5.02 Å². The average molecular weight is 349 g/mol. The van der Waals surface area contributed by atoms with Gasteiger partial charge in [0.15, 0.2) is 0 Å². The van der Waals surface area contributed by atoms with Crippen LogP contribution in [-0.4, -0.2) is 19.7 Å². The van der Waals surface area contributed by atoms with Crippen LogP contribution >= 0.6 is 27.5 Å². The van der Waals surface area contributed by atoms with E-state index in [9.17, 15) is 0 Å². The molecule has 0 aliphatic heterocycles. The average Bonchev–Trinajstić information content (AvgIpc) is 2.30. The van der Waals surface area contributed by atoms with Gasteiger partial charge in [-0.1, -0.05) is 55.2 Å². The third kappa shape index (κ3) is 6.64. The predicted octanol–water partition coefficient (Wildman–Crippen LogP) is 4.75. The summed E-state index contributed by atoms with van der Waals surface area (Å²) in [7, 11) is 0. The minimum Gasteiger partial charge on any atom is -0.491 e. The summed E-state index contributed by atoms with van der Waals surface area (Å²) in [4.78, 5) is 0. The van der Waals surface area contributed by atoms with E-state index in [1.54, 1.807) is 0 Å². The second-order valence-corrected chi connectivity index (χ2v) is 7.38. The zero-order valence-electron chi connectivity index (χ0n) is 12.1. The Kier molecular flexibility index (Phi) is 6.64. The molecule has 0 atom stereocenters. The van der Waals surface area contributed by atoms with Gasteiger partial charge in [-0.15, -0.1) is 0 Å². The minimum atomic E-state index is 0.0700. The predicted molar refractivity (Wildman–Crippen MR) is 86.1 cm³/mol. The zero-order valence-corrected chi connectivity index (χ0v) is 14.4. The Bertz CT molecular complexity index is 407. The molecule has 0 amide bonds. The summed E-state index contributed by atoms with van der Waals surface area (Å²) in [6, 6.07) is 5.65. The van der Waals surface area contributed by atoms with Crippen LogP contribution in [0.15, 0.2) is 22.7 Å². The summed E-state index contributed by atoms with van der Waals surface area (Å²) in [5.41, 5.74) is 0.0700. The molecule has 0 radical (unpaired) electrons. The highest BCUT2D eigenvalue weighted by Crippen LogP contribution is 2.29. The van der Waals surface area contributed by atoms with Gasteiger partial charge >= 0.3 is 0 Å². The van der Waals surface area contributed by atoms with Gasteiger partial charge in [0.2, 0.25) is 0 Å². The van der Waals surface area contributed by atoms with E-state index in [0.717, 1.165) is 23.3 Å². The fourth-order valence-electron chi connectivity index (χ4n) is 1.61. The lowest BCUT2D eigenvalue weighted by Crippen LogP contribution is -2.35. The largest absolute Gasteiger partial charge is 0.491 e. The summed E-state index contributed by atoms with van der Waals surface area (Å²) in [5, 5.41) is 4.11. The fraction of sp³-hybridized carbons (Fsp3) is 0.600. The molecule has 0 bridgehead atoms. The standard InChI is InChI=1S/C15H23BrClNO/c1-11(2)8-18-9-15(3,4)10-19-14-7-12(16)5-6-13(14)17/h5-7,11,18H,8-10H2,1-4H3. The van der Waals surface area contributed by atoms with Crippen LogP contribution in [0.3, 0.4) is 0 Å². The van der Waals surface area contributed by atoms with E-state index in [1.807, 2.05) is 18.2 Å². The van der Waals surface area contributed by atoms with Crippen LogP contribution in [0, 0.1) is 11.3 Å². The Balaban J connectivity index is 2.47. The molecule has 0 spiro atoms. The van der Waals surface area contributed by atoms with E-state index in [0.29, 0.717) is 17.5 Å². The molecule has 0 aromatic heterocycles. The maximum Gasteiger partial charge on any atom is 0.139 e. The molecule has 0 heterocycles. The number of hydrogen-bond acceptors (Lipinski definition) is 2. The lowest BCUT2D eigenvalue weighted by atomic mass is 9.94. The molecule has 0 saturated heterocycles. The van der Waals surface area contributed by atoms with Crippen LogP contribution in [0.1, 0.15) is 27.7 Å². The molecular weight excluding hydrogens is 326 g/mol. The summed E-state index contributed by atoms with van der Waals surface area (Å²) >= 11 is 9.53. The van der Waals surface area contributed by atoms with E-state index >= 15 is 0 Å². The van der Waals surface area contributed by atoms with Crippen molar-refractivity contribution in [1.82, 2.24) is 5.32 Å². The van der Waals surface area contributed by atoms with Crippen molar-refractivity contribution < 1.29 is 4.74 Å². The van der Waals surface area contributed by atoms with E-state index in [-0.39, 0.29) is 5.41 Å². The first-order valence-electron chi connectivity index (χ1n) is 6.59. The highest BCUT2D eigenvalue weighted by Gasteiger charge is 2.19. The van der Waals surface area contributed by atoms with Crippen LogP contribution in [-0.2, 0) is 0 Å². The van der Waals surface area contributed by atoms with Gasteiger partial charge in [0, 0.05) is 16.4 Å². The van der Waals surface area contributed by atoms with Gasteiger partial charge < -0.3 is 10.1 Å². The maximum absolute atomic E-state index is 6.11. The zero-order chi connectivity index (χ0) is 14.5. The minimum absolute atomic E-state index is 0.0700. The molecule has 19 heavy (non-hydrogen) atoms. The first-order valence-corrected chi connectivity index (χ1v) is 7.76. The van der Waals surface area contributed by atoms with Crippen molar-refractivity contribution in [1.29, 1.82) is 0 Å². The second kappa shape index (κ2) is 7.51. The van der Waals surface area contributed by atoms with Gasteiger partial charge in [0.1, 0.15) is 5.75 Å². The Morgan fingerprint density at radius 1 is 1.37 bits per heavy atom. The summed E-state index contributed by atoms with van der Waals surface area (Å²) in [6.07, 6.45) is 0. The van der Waals surface area contributed by atoms with Crippen LogP contribution in [0.4, 0.5) is 0 Å². The monoisotopic (exact) mass is 347 g/mol. The van der Waals surface area contributed by atoms with E-state index in [1.165, 1.54) is 0 Å². The molecule has 0 unspecified atom stereocenters. The van der Waals surface area contributed by atoms with Gasteiger partial charge in [-0.2, -0.15) is 0 Å². The molecule has 1 rings (SSSR count). The molecule has 0 aliphatic rings. The van der Waals surface area contributed by atoms with Crippen LogP contribution in [0.5, 0.6) is 5.75 Å². The van der Waals surface area contributed by atoms with Gasteiger partial charge in [-0.3, -0.25) is 0 Å². The van der Waals surface area contributed by atoms with Crippen molar-refractivity contribution in [2.45, 2.75) is 27.7 Å². The summed E-state index contributed by atoms with van der Waals surface area (Å²) in [5.74, 6) is 1.39. The fourth-order valence-corrected chi connectivity index (χ4v) is 2.12. The van der Waals surface area contributed by atoms with Gasteiger partial charge in [0.25, 0.3) is 0 Å². The van der Waals surface area contributed by atoms with Crippen molar-refractivity contribution in [2.24, 2.45) is 11.3 Å². The Hall–Kier alpha value is -0.250. The molecule has 1 aromatic rings. The summed E-state index contributed by atoms with van der Waals surface area (Å²) < 4.78 is 6.81. The molecule has 0 saturated carbocycles. The van der Waals surface area contributed by atoms with Crippen molar-refractivity contribution >= 4 is 27.5 Å². The molecule has 108 valence electrons. The SMILES string of the molecule is CC(C)CNCC(C)(C)COc1cc(Br)ccc1Cl.